The first kappa shape index (κ1) is 11.9. The Balaban J connectivity index is 1.54. The molecule has 1 N–H and O–H groups in total. The summed E-state index contributed by atoms with van der Waals surface area (Å²) >= 11 is 0. The molecule has 1 aromatic rings. The van der Waals surface area contributed by atoms with E-state index in [1.807, 2.05) is 31.2 Å². The molecule has 0 spiro atoms. The van der Waals surface area contributed by atoms with Crippen LogP contribution in [0, 0.1) is 30.6 Å². The predicted molar refractivity (Wildman–Crippen MR) is 72.9 cm³/mol. The van der Waals surface area contributed by atoms with Gasteiger partial charge in [0.1, 0.15) is 6.10 Å². The molecular formula is C16H17NO3. The third-order valence-electron chi connectivity index (χ3n) is 5.11. The molecule has 4 nitrogen and oxygen atoms in total. The number of esters is 1. The molecule has 104 valence electrons. The van der Waals surface area contributed by atoms with Crippen LogP contribution >= 0.6 is 0 Å². The molecule has 4 heteroatoms. The fraction of sp³-hybridized carbons (Fsp3) is 0.500. The summed E-state index contributed by atoms with van der Waals surface area (Å²) in [6.07, 6.45) is 1.91. The Morgan fingerprint density at radius 1 is 1.25 bits per heavy atom. The highest BCUT2D eigenvalue weighted by atomic mass is 16.6. The second-order valence-electron chi connectivity index (χ2n) is 6.28. The lowest BCUT2D eigenvalue weighted by molar-refractivity contribution is -0.145. The van der Waals surface area contributed by atoms with Gasteiger partial charge in [-0.15, -0.1) is 0 Å². The maximum absolute atomic E-state index is 12.5. The van der Waals surface area contributed by atoms with Crippen LogP contribution in [0.1, 0.15) is 18.4 Å². The van der Waals surface area contributed by atoms with Crippen LogP contribution in [-0.4, -0.2) is 18.0 Å². The summed E-state index contributed by atoms with van der Waals surface area (Å²) in [7, 11) is 0. The molecule has 3 fully saturated rings. The molecule has 1 aliphatic heterocycles. The van der Waals surface area contributed by atoms with Crippen molar-refractivity contribution < 1.29 is 14.3 Å². The van der Waals surface area contributed by atoms with Gasteiger partial charge in [0.25, 0.3) is 0 Å². The first-order valence-corrected chi connectivity index (χ1v) is 7.21. The molecule has 1 amide bonds. The Morgan fingerprint density at radius 3 is 2.75 bits per heavy atom. The van der Waals surface area contributed by atoms with E-state index in [2.05, 4.69) is 5.32 Å². The normalized spacial score (nSPS) is 37.0. The van der Waals surface area contributed by atoms with Crippen molar-refractivity contribution in [2.45, 2.75) is 25.9 Å². The van der Waals surface area contributed by atoms with E-state index in [-0.39, 0.29) is 35.7 Å². The maximum atomic E-state index is 12.5. The molecule has 1 aromatic carbocycles. The van der Waals surface area contributed by atoms with Crippen LogP contribution in [0.4, 0.5) is 5.69 Å². The monoisotopic (exact) mass is 271 g/mol. The number of carbonyl (C=O) groups excluding carboxylic acids is 2. The van der Waals surface area contributed by atoms with E-state index in [4.69, 9.17) is 4.74 Å². The van der Waals surface area contributed by atoms with Crippen molar-refractivity contribution in [2.24, 2.45) is 23.7 Å². The van der Waals surface area contributed by atoms with Crippen molar-refractivity contribution in [1.29, 1.82) is 0 Å². The van der Waals surface area contributed by atoms with Crippen LogP contribution in [0.3, 0.4) is 0 Å². The average molecular weight is 271 g/mol. The summed E-state index contributed by atoms with van der Waals surface area (Å²) in [5, 5.41) is 2.95. The highest BCUT2D eigenvalue weighted by Gasteiger charge is 2.63. The van der Waals surface area contributed by atoms with Gasteiger partial charge < -0.3 is 10.1 Å². The van der Waals surface area contributed by atoms with Crippen LogP contribution < -0.4 is 5.32 Å². The SMILES string of the molecule is Cc1ccc(NC(=O)[C@@H]2[C@@H]3C[C@@H]4[C@@H]2C(=O)O[C@@H]4C3)cc1. The van der Waals surface area contributed by atoms with Crippen molar-refractivity contribution in [3.63, 3.8) is 0 Å². The summed E-state index contributed by atoms with van der Waals surface area (Å²) in [6, 6.07) is 7.74. The summed E-state index contributed by atoms with van der Waals surface area (Å²) < 4.78 is 5.37. The third kappa shape index (κ3) is 1.60. The minimum absolute atomic E-state index is 0.0244. The van der Waals surface area contributed by atoms with E-state index in [0.717, 1.165) is 24.1 Å². The fourth-order valence-electron chi connectivity index (χ4n) is 4.23. The van der Waals surface area contributed by atoms with Gasteiger partial charge in [-0.2, -0.15) is 0 Å². The largest absolute Gasteiger partial charge is 0.462 e. The van der Waals surface area contributed by atoms with Gasteiger partial charge in [-0.05, 0) is 37.8 Å². The van der Waals surface area contributed by atoms with E-state index in [9.17, 15) is 9.59 Å². The number of ether oxygens (including phenoxy) is 1. The summed E-state index contributed by atoms with van der Waals surface area (Å²) in [4.78, 5) is 24.4. The number of hydrogen-bond donors (Lipinski definition) is 1. The molecular weight excluding hydrogens is 254 g/mol. The highest BCUT2D eigenvalue weighted by molar-refractivity contribution is 5.96. The quantitative estimate of drug-likeness (QED) is 0.838. The number of nitrogens with one attached hydrogen (secondary N) is 1. The first-order chi connectivity index (χ1) is 9.63. The Morgan fingerprint density at radius 2 is 2.00 bits per heavy atom. The fourth-order valence-corrected chi connectivity index (χ4v) is 4.23. The van der Waals surface area contributed by atoms with E-state index in [0.29, 0.717) is 5.92 Å². The number of benzene rings is 1. The Labute approximate surface area is 117 Å². The second-order valence-corrected chi connectivity index (χ2v) is 6.28. The second kappa shape index (κ2) is 4.08. The van der Waals surface area contributed by atoms with Crippen molar-refractivity contribution in [2.75, 3.05) is 5.32 Å². The summed E-state index contributed by atoms with van der Waals surface area (Å²) in [5.41, 5.74) is 1.96. The molecule has 0 radical (unpaired) electrons. The molecule has 2 bridgehead atoms. The lowest BCUT2D eigenvalue weighted by Crippen LogP contribution is -2.35. The van der Waals surface area contributed by atoms with E-state index < -0.39 is 0 Å². The van der Waals surface area contributed by atoms with Gasteiger partial charge in [-0.25, -0.2) is 0 Å². The van der Waals surface area contributed by atoms with Crippen LogP contribution in [0.15, 0.2) is 24.3 Å². The minimum Gasteiger partial charge on any atom is -0.462 e. The van der Waals surface area contributed by atoms with Crippen LogP contribution in [0.5, 0.6) is 0 Å². The van der Waals surface area contributed by atoms with Gasteiger partial charge in [0.15, 0.2) is 0 Å². The maximum Gasteiger partial charge on any atom is 0.310 e. The molecule has 4 rings (SSSR count). The zero-order valence-electron chi connectivity index (χ0n) is 11.3. The summed E-state index contributed by atoms with van der Waals surface area (Å²) in [6.45, 7) is 2.01. The zero-order chi connectivity index (χ0) is 13.9. The molecule has 0 unspecified atom stereocenters. The number of amides is 1. The standard InChI is InChI=1S/C16H17NO3/c1-8-2-4-10(5-3-8)17-15(18)13-9-6-11-12(7-9)20-16(19)14(11)13/h2-5,9,11-14H,6-7H2,1H3,(H,17,18)/t9-,11+,12-,13-,14+/m1/s1. The molecule has 5 atom stereocenters. The molecule has 2 aliphatic carbocycles. The van der Waals surface area contributed by atoms with Crippen LogP contribution in [0.2, 0.25) is 0 Å². The number of aryl methyl sites for hydroxylation is 1. The molecule has 1 heterocycles. The first-order valence-electron chi connectivity index (χ1n) is 7.21. The van der Waals surface area contributed by atoms with Crippen molar-refractivity contribution in [3.05, 3.63) is 29.8 Å². The summed E-state index contributed by atoms with van der Waals surface area (Å²) in [5.74, 6) is -0.00220. The Kier molecular flexibility index (Phi) is 2.43. The minimum atomic E-state index is -0.204. The van der Waals surface area contributed by atoms with Gasteiger partial charge in [-0.3, -0.25) is 9.59 Å². The van der Waals surface area contributed by atoms with Crippen LogP contribution in [-0.2, 0) is 14.3 Å². The topological polar surface area (TPSA) is 55.4 Å². The van der Waals surface area contributed by atoms with Crippen molar-refractivity contribution >= 4 is 17.6 Å². The van der Waals surface area contributed by atoms with Gasteiger partial charge in [0.2, 0.25) is 5.91 Å². The number of carbonyl (C=O) groups is 2. The average Bonchev–Trinajstić information content (AvgIpc) is 3.02. The molecule has 20 heavy (non-hydrogen) atoms. The number of rotatable bonds is 2. The Bertz CT molecular complexity index is 578. The van der Waals surface area contributed by atoms with E-state index in [1.54, 1.807) is 0 Å². The van der Waals surface area contributed by atoms with Gasteiger partial charge in [0.05, 0.1) is 11.8 Å². The lowest BCUT2D eigenvalue weighted by Gasteiger charge is -2.23. The van der Waals surface area contributed by atoms with Gasteiger partial charge >= 0.3 is 5.97 Å². The van der Waals surface area contributed by atoms with Gasteiger partial charge in [0, 0.05) is 11.6 Å². The number of fused-ring (bicyclic) bond motifs is 1. The van der Waals surface area contributed by atoms with Gasteiger partial charge in [-0.1, -0.05) is 17.7 Å². The smallest absolute Gasteiger partial charge is 0.310 e. The molecule has 1 saturated heterocycles. The number of hydrogen-bond acceptors (Lipinski definition) is 3. The lowest BCUT2D eigenvalue weighted by atomic mass is 9.79. The zero-order valence-corrected chi connectivity index (χ0v) is 11.3. The molecule has 3 aliphatic rings. The van der Waals surface area contributed by atoms with Crippen LogP contribution in [0.25, 0.3) is 0 Å². The van der Waals surface area contributed by atoms with Crippen molar-refractivity contribution in [3.8, 4) is 0 Å². The van der Waals surface area contributed by atoms with Crippen molar-refractivity contribution in [1.82, 2.24) is 0 Å². The third-order valence-corrected chi connectivity index (χ3v) is 5.11. The highest BCUT2D eigenvalue weighted by Crippen LogP contribution is 2.57. The number of anilines is 1. The predicted octanol–water partition coefficient (Wildman–Crippen LogP) is 2.13. The molecule has 0 aromatic heterocycles. The van der Waals surface area contributed by atoms with E-state index in [1.165, 1.54) is 0 Å². The van der Waals surface area contributed by atoms with E-state index >= 15 is 0 Å². The Hall–Kier alpha value is -1.84. The molecule has 2 saturated carbocycles.